The summed E-state index contributed by atoms with van der Waals surface area (Å²) in [6, 6.07) is -0.0522. The van der Waals surface area contributed by atoms with Gasteiger partial charge in [-0.3, -0.25) is 4.79 Å². The van der Waals surface area contributed by atoms with Gasteiger partial charge in [-0.1, -0.05) is 19.3 Å². The molecule has 0 aromatic heterocycles. The largest absolute Gasteiger partial charge is 0.481 e. The van der Waals surface area contributed by atoms with Gasteiger partial charge in [-0.25, -0.2) is 4.79 Å². The molecule has 2 aliphatic rings. The molecule has 0 unspecified atom stereocenters. The Labute approximate surface area is 126 Å². The van der Waals surface area contributed by atoms with E-state index in [1.807, 2.05) is 0 Å². The number of hydrogen-bond acceptors (Lipinski definition) is 3. The molecule has 2 fully saturated rings. The van der Waals surface area contributed by atoms with Crippen molar-refractivity contribution in [1.29, 1.82) is 0 Å². The number of carboxylic acids is 1. The van der Waals surface area contributed by atoms with Gasteiger partial charge < -0.3 is 19.6 Å². The minimum Gasteiger partial charge on any atom is -0.481 e. The average Bonchev–Trinajstić information content (AvgIpc) is 2.75. The fourth-order valence-corrected chi connectivity index (χ4v) is 3.47. The van der Waals surface area contributed by atoms with Gasteiger partial charge in [0.25, 0.3) is 0 Å². The molecule has 2 rings (SSSR count). The quantitative estimate of drug-likeness (QED) is 0.864. The summed E-state index contributed by atoms with van der Waals surface area (Å²) in [6.07, 6.45) is 5.56. The fourth-order valence-electron chi connectivity index (χ4n) is 3.47. The van der Waals surface area contributed by atoms with E-state index in [4.69, 9.17) is 4.74 Å². The van der Waals surface area contributed by atoms with E-state index in [0.29, 0.717) is 26.3 Å². The van der Waals surface area contributed by atoms with Gasteiger partial charge in [0.1, 0.15) is 0 Å². The molecule has 1 saturated heterocycles. The molecule has 0 spiro atoms. The Kier molecular flexibility index (Phi) is 5.45. The molecule has 1 aliphatic heterocycles. The first kappa shape index (κ1) is 16.1. The normalized spacial score (nSPS) is 22.4. The lowest BCUT2D eigenvalue weighted by Gasteiger charge is -2.45. The highest BCUT2D eigenvalue weighted by molar-refractivity contribution is 5.77. The zero-order valence-corrected chi connectivity index (χ0v) is 12.8. The maximum absolute atomic E-state index is 12.7. The van der Waals surface area contributed by atoms with E-state index >= 15 is 0 Å². The number of amides is 2. The standard InChI is InChI=1S/C15H26N2O4/c1-16(14(20)17-8-5-10-21-11-9-17)15(12-13(18)19)6-3-2-4-7-15/h2-12H2,1H3,(H,18,19). The third-order valence-electron chi connectivity index (χ3n) is 4.76. The van der Waals surface area contributed by atoms with Gasteiger partial charge >= 0.3 is 12.0 Å². The smallest absolute Gasteiger partial charge is 0.320 e. The lowest BCUT2D eigenvalue weighted by Crippen LogP contribution is -2.56. The maximum atomic E-state index is 12.7. The zero-order chi connectivity index (χ0) is 15.3. The number of hydrogen-bond donors (Lipinski definition) is 1. The Morgan fingerprint density at radius 2 is 1.86 bits per heavy atom. The molecule has 6 nitrogen and oxygen atoms in total. The van der Waals surface area contributed by atoms with Gasteiger partial charge in [0.2, 0.25) is 0 Å². The van der Waals surface area contributed by atoms with E-state index < -0.39 is 11.5 Å². The van der Waals surface area contributed by atoms with Crippen molar-refractivity contribution in [2.24, 2.45) is 0 Å². The molecule has 120 valence electrons. The topological polar surface area (TPSA) is 70.1 Å². The predicted molar refractivity (Wildman–Crippen MR) is 78.2 cm³/mol. The molecule has 21 heavy (non-hydrogen) atoms. The number of carbonyl (C=O) groups is 2. The van der Waals surface area contributed by atoms with E-state index in [1.54, 1.807) is 16.8 Å². The second-order valence-corrected chi connectivity index (χ2v) is 6.15. The minimum atomic E-state index is -0.823. The number of carboxylic acid groups (broad SMARTS) is 1. The summed E-state index contributed by atoms with van der Waals surface area (Å²) in [6.45, 7) is 2.53. The SMILES string of the molecule is CN(C(=O)N1CCCOCC1)C1(CC(=O)O)CCCCC1. The van der Waals surface area contributed by atoms with Gasteiger partial charge in [-0.2, -0.15) is 0 Å². The number of ether oxygens (including phenoxy) is 1. The first-order valence-electron chi connectivity index (χ1n) is 7.87. The molecule has 0 aromatic carbocycles. The van der Waals surface area contributed by atoms with Crippen molar-refractivity contribution in [1.82, 2.24) is 9.80 Å². The summed E-state index contributed by atoms with van der Waals surface area (Å²) in [5, 5.41) is 9.25. The first-order chi connectivity index (χ1) is 10.1. The molecule has 1 N–H and O–H groups in total. The first-order valence-corrected chi connectivity index (χ1v) is 7.87. The summed E-state index contributed by atoms with van der Waals surface area (Å²) < 4.78 is 5.38. The molecule has 1 aliphatic carbocycles. The predicted octanol–water partition coefficient (Wildman–Crippen LogP) is 1.94. The second kappa shape index (κ2) is 7.11. The summed E-state index contributed by atoms with van der Waals surface area (Å²) in [7, 11) is 1.77. The van der Waals surface area contributed by atoms with Crippen LogP contribution < -0.4 is 0 Å². The highest BCUT2D eigenvalue weighted by Gasteiger charge is 2.41. The number of urea groups is 1. The Morgan fingerprint density at radius 1 is 1.14 bits per heavy atom. The Bertz CT molecular complexity index is 372. The third kappa shape index (κ3) is 3.87. The summed E-state index contributed by atoms with van der Waals surface area (Å²) in [4.78, 5) is 27.5. The number of nitrogens with zero attached hydrogens (tertiary/aromatic N) is 2. The van der Waals surface area contributed by atoms with Crippen LogP contribution in [0.4, 0.5) is 4.79 Å². The number of rotatable bonds is 3. The van der Waals surface area contributed by atoms with E-state index in [9.17, 15) is 14.7 Å². The highest BCUT2D eigenvalue weighted by Crippen LogP contribution is 2.36. The lowest BCUT2D eigenvalue weighted by atomic mass is 9.78. The van der Waals surface area contributed by atoms with Crippen LogP contribution >= 0.6 is 0 Å². The molecular formula is C15H26N2O4. The lowest BCUT2D eigenvalue weighted by molar-refractivity contribution is -0.140. The summed E-state index contributed by atoms with van der Waals surface area (Å²) >= 11 is 0. The van der Waals surface area contributed by atoms with Crippen molar-refractivity contribution in [2.45, 2.75) is 50.5 Å². The molecular weight excluding hydrogens is 272 g/mol. The van der Waals surface area contributed by atoms with Crippen LogP contribution in [0.1, 0.15) is 44.9 Å². The second-order valence-electron chi connectivity index (χ2n) is 6.15. The van der Waals surface area contributed by atoms with Crippen LogP contribution in [-0.2, 0) is 9.53 Å². The molecule has 1 saturated carbocycles. The van der Waals surface area contributed by atoms with Crippen molar-refractivity contribution < 1.29 is 19.4 Å². The van der Waals surface area contributed by atoms with Crippen molar-refractivity contribution in [3.05, 3.63) is 0 Å². The van der Waals surface area contributed by atoms with E-state index in [0.717, 1.165) is 38.5 Å². The Hall–Kier alpha value is -1.30. The van der Waals surface area contributed by atoms with Gasteiger partial charge in [0, 0.05) is 26.7 Å². The Balaban J connectivity index is 2.10. The van der Waals surface area contributed by atoms with Crippen LogP contribution in [0, 0.1) is 0 Å². The van der Waals surface area contributed by atoms with Gasteiger partial charge in [-0.05, 0) is 19.3 Å². The van der Waals surface area contributed by atoms with E-state index in [2.05, 4.69) is 0 Å². The van der Waals surface area contributed by atoms with Gasteiger partial charge in [0.15, 0.2) is 0 Å². The van der Waals surface area contributed by atoms with Crippen LogP contribution in [0.3, 0.4) is 0 Å². The summed E-state index contributed by atoms with van der Waals surface area (Å²) in [5.41, 5.74) is -0.520. The molecule has 0 radical (unpaired) electrons. The minimum absolute atomic E-state index is 0.0412. The molecule has 1 heterocycles. The van der Waals surface area contributed by atoms with E-state index in [1.165, 1.54) is 0 Å². The van der Waals surface area contributed by atoms with Crippen LogP contribution in [-0.4, -0.2) is 65.8 Å². The van der Waals surface area contributed by atoms with Crippen molar-refractivity contribution in [3.8, 4) is 0 Å². The van der Waals surface area contributed by atoms with Crippen LogP contribution in [0.5, 0.6) is 0 Å². The molecule has 0 aromatic rings. The fraction of sp³-hybridized carbons (Fsp3) is 0.867. The highest BCUT2D eigenvalue weighted by atomic mass is 16.5. The van der Waals surface area contributed by atoms with Crippen molar-refractivity contribution in [2.75, 3.05) is 33.4 Å². The van der Waals surface area contributed by atoms with Crippen LogP contribution in [0.25, 0.3) is 0 Å². The van der Waals surface area contributed by atoms with Crippen molar-refractivity contribution >= 4 is 12.0 Å². The van der Waals surface area contributed by atoms with Gasteiger partial charge in [-0.15, -0.1) is 0 Å². The number of carbonyl (C=O) groups excluding carboxylic acids is 1. The van der Waals surface area contributed by atoms with Crippen LogP contribution in [0.15, 0.2) is 0 Å². The zero-order valence-electron chi connectivity index (χ0n) is 12.8. The third-order valence-corrected chi connectivity index (χ3v) is 4.76. The van der Waals surface area contributed by atoms with Crippen molar-refractivity contribution in [3.63, 3.8) is 0 Å². The maximum Gasteiger partial charge on any atom is 0.320 e. The molecule has 0 atom stereocenters. The Morgan fingerprint density at radius 3 is 2.52 bits per heavy atom. The van der Waals surface area contributed by atoms with Gasteiger partial charge in [0.05, 0.1) is 18.6 Å². The van der Waals surface area contributed by atoms with Crippen LogP contribution in [0.2, 0.25) is 0 Å². The number of aliphatic carboxylic acids is 1. The molecule has 2 amide bonds. The molecule has 0 bridgehead atoms. The monoisotopic (exact) mass is 298 g/mol. The average molecular weight is 298 g/mol. The van der Waals surface area contributed by atoms with E-state index in [-0.39, 0.29) is 12.5 Å². The molecule has 6 heteroatoms. The summed E-state index contributed by atoms with van der Waals surface area (Å²) in [5.74, 6) is -0.823.